The van der Waals surface area contributed by atoms with Gasteiger partial charge in [0.1, 0.15) is 0 Å². The van der Waals surface area contributed by atoms with Gasteiger partial charge in [-0.25, -0.2) is 0 Å². The molecular weight excluding hydrogens is 336 g/mol. The molecular formula is C12H16Br2S. The summed E-state index contributed by atoms with van der Waals surface area (Å²) in [6, 6.07) is 2.28. The molecule has 0 atom stereocenters. The zero-order valence-electron chi connectivity index (χ0n) is 8.77. The lowest BCUT2D eigenvalue weighted by Crippen LogP contribution is -2.28. The van der Waals surface area contributed by atoms with Crippen LogP contribution in [-0.2, 0) is 6.42 Å². The minimum Gasteiger partial charge on any atom is -0.148 e. The van der Waals surface area contributed by atoms with Crippen LogP contribution >= 0.6 is 43.2 Å². The van der Waals surface area contributed by atoms with E-state index in [1.165, 1.54) is 47.9 Å². The summed E-state index contributed by atoms with van der Waals surface area (Å²) in [5.74, 6) is 0. The van der Waals surface area contributed by atoms with E-state index in [4.69, 9.17) is 0 Å². The smallest absolute Gasteiger partial charge is 0.0285 e. The Morgan fingerprint density at radius 3 is 2.53 bits per heavy atom. The van der Waals surface area contributed by atoms with E-state index in [-0.39, 0.29) is 0 Å². The van der Waals surface area contributed by atoms with Gasteiger partial charge in [-0.15, -0.1) is 11.3 Å². The highest BCUT2D eigenvalue weighted by atomic mass is 79.9. The molecule has 1 aromatic heterocycles. The average molecular weight is 352 g/mol. The van der Waals surface area contributed by atoms with Crippen molar-refractivity contribution in [3.8, 4) is 0 Å². The Balaban J connectivity index is 2.06. The molecule has 0 N–H and O–H groups in total. The van der Waals surface area contributed by atoms with Crippen LogP contribution in [0.4, 0.5) is 0 Å². The predicted molar refractivity (Wildman–Crippen MR) is 75.0 cm³/mol. The molecule has 1 aromatic rings. The first-order valence-electron chi connectivity index (χ1n) is 5.53. The van der Waals surface area contributed by atoms with E-state index in [0.29, 0.717) is 5.41 Å². The van der Waals surface area contributed by atoms with Crippen molar-refractivity contribution in [2.45, 2.75) is 38.5 Å². The highest BCUT2D eigenvalue weighted by molar-refractivity contribution is 9.10. The molecule has 1 heterocycles. The Morgan fingerprint density at radius 2 is 2.00 bits per heavy atom. The molecule has 84 valence electrons. The van der Waals surface area contributed by atoms with Crippen molar-refractivity contribution in [2.24, 2.45) is 5.41 Å². The summed E-state index contributed by atoms with van der Waals surface area (Å²) in [5, 5.41) is 3.36. The van der Waals surface area contributed by atoms with Crippen molar-refractivity contribution in [3.63, 3.8) is 0 Å². The maximum atomic E-state index is 3.73. The van der Waals surface area contributed by atoms with Gasteiger partial charge in [0, 0.05) is 20.1 Å². The Morgan fingerprint density at radius 1 is 1.27 bits per heavy atom. The maximum absolute atomic E-state index is 3.73. The van der Waals surface area contributed by atoms with Crippen LogP contribution in [0.15, 0.2) is 15.9 Å². The lowest BCUT2D eigenvalue weighted by Gasteiger charge is -2.35. The summed E-state index contributed by atoms with van der Waals surface area (Å²) < 4.78 is 1.24. The molecule has 1 fully saturated rings. The Hall–Kier alpha value is 0.660. The van der Waals surface area contributed by atoms with Gasteiger partial charge in [-0.05, 0) is 46.7 Å². The minimum atomic E-state index is 0.544. The van der Waals surface area contributed by atoms with Crippen molar-refractivity contribution in [2.75, 3.05) is 5.33 Å². The standard InChI is InChI=1S/C12H16Br2S/c13-9-12(4-2-1-3-5-12)7-11-6-10(14)8-15-11/h6,8H,1-5,7,9H2. The van der Waals surface area contributed by atoms with Gasteiger partial charge in [-0.1, -0.05) is 35.2 Å². The van der Waals surface area contributed by atoms with Gasteiger partial charge >= 0.3 is 0 Å². The number of hydrogen-bond acceptors (Lipinski definition) is 1. The topological polar surface area (TPSA) is 0 Å². The van der Waals surface area contributed by atoms with Gasteiger partial charge in [0.2, 0.25) is 0 Å². The number of rotatable bonds is 3. The summed E-state index contributed by atoms with van der Waals surface area (Å²) in [4.78, 5) is 1.53. The molecule has 0 bridgehead atoms. The summed E-state index contributed by atoms with van der Waals surface area (Å²) in [6.45, 7) is 0. The molecule has 0 saturated heterocycles. The van der Waals surface area contributed by atoms with Crippen LogP contribution < -0.4 is 0 Å². The third-order valence-electron chi connectivity index (χ3n) is 3.37. The molecule has 0 aliphatic heterocycles. The highest BCUT2D eigenvalue weighted by Gasteiger charge is 2.31. The third-order valence-corrected chi connectivity index (χ3v) is 6.26. The van der Waals surface area contributed by atoms with E-state index in [2.05, 4.69) is 43.3 Å². The van der Waals surface area contributed by atoms with Crippen molar-refractivity contribution < 1.29 is 0 Å². The first-order valence-corrected chi connectivity index (χ1v) is 8.32. The lowest BCUT2D eigenvalue weighted by atomic mass is 9.73. The van der Waals surface area contributed by atoms with Crippen molar-refractivity contribution in [1.82, 2.24) is 0 Å². The zero-order chi connectivity index (χ0) is 10.7. The summed E-state index contributed by atoms with van der Waals surface area (Å²) >= 11 is 9.15. The van der Waals surface area contributed by atoms with E-state index < -0.39 is 0 Å². The molecule has 0 unspecified atom stereocenters. The fourth-order valence-electron chi connectivity index (χ4n) is 2.48. The fraction of sp³-hybridized carbons (Fsp3) is 0.667. The molecule has 1 aliphatic rings. The normalized spacial score (nSPS) is 20.4. The van der Waals surface area contributed by atoms with Gasteiger partial charge in [0.25, 0.3) is 0 Å². The van der Waals surface area contributed by atoms with Crippen molar-refractivity contribution >= 4 is 43.2 Å². The van der Waals surface area contributed by atoms with E-state index in [1.54, 1.807) is 0 Å². The number of hydrogen-bond donors (Lipinski definition) is 0. The summed E-state index contributed by atoms with van der Waals surface area (Å²) in [5.41, 5.74) is 0.544. The largest absolute Gasteiger partial charge is 0.148 e. The number of halogens is 2. The summed E-state index contributed by atoms with van der Waals surface area (Å²) in [7, 11) is 0. The molecule has 1 saturated carbocycles. The zero-order valence-corrected chi connectivity index (χ0v) is 12.8. The van der Waals surface area contributed by atoms with Crippen LogP contribution in [0.3, 0.4) is 0 Å². The third kappa shape index (κ3) is 3.07. The van der Waals surface area contributed by atoms with E-state index in [1.807, 2.05) is 11.3 Å². The Labute approximate surface area is 113 Å². The molecule has 3 heteroatoms. The van der Waals surface area contributed by atoms with E-state index >= 15 is 0 Å². The number of thiophene rings is 1. The Bertz CT molecular complexity index is 313. The molecule has 0 nitrogen and oxygen atoms in total. The quantitative estimate of drug-likeness (QED) is 0.639. The molecule has 2 rings (SSSR count). The second-order valence-electron chi connectivity index (χ2n) is 4.60. The Kier molecular flexibility index (Phi) is 4.31. The van der Waals surface area contributed by atoms with Crippen LogP contribution in [0.1, 0.15) is 37.0 Å². The average Bonchev–Trinajstić information content (AvgIpc) is 2.65. The SMILES string of the molecule is BrCC1(Cc2cc(Br)cs2)CCCCC1. The molecule has 0 amide bonds. The van der Waals surface area contributed by atoms with E-state index in [0.717, 1.165) is 5.33 Å². The highest BCUT2D eigenvalue weighted by Crippen LogP contribution is 2.41. The molecule has 15 heavy (non-hydrogen) atoms. The minimum absolute atomic E-state index is 0.544. The van der Waals surface area contributed by atoms with Crippen molar-refractivity contribution in [3.05, 3.63) is 20.8 Å². The lowest BCUT2D eigenvalue weighted by molar-refractivity contribution is 0.225. The molecule has 0 spiro atoms. The predicted octanol–water partition coefficient (Wildman–Crippen LogP) is 5.40. The second kappa shape index (κ2) is 5.33. The van der Waals surface area contributed by atoms with Crippen LogP contribution in [0.25, 0.3) is 0 Å². The number of alkyl halides is 1. The van der Waals surface area contributed by atoms with Crippen LogP contribution in [0, 0.1) is 5.41 Å². The van der Waals surface area contributed by atoms with Gasteiger partial charge in [0.05, 0.1) is 0 Å². The molecule has 0 aromatic carbocycles. The first-order chi connectivity index (χ1) is 7.24. The fourth-order valence-corrected chi connectivity index (χ4v) is 4.86. The van der Waals surface area contributed by atoms with Gasteiger partial charge in [-0.3, -0.25) is 0 Å². The van der Waals surface area contributed by atoms with Gasteiger partial charge < -0.3 is 0 Å². The summed E-state index contributed by atoms with van der Waals surface area (Å²) in [6.07, 6.45) is 8.31. The molecule has 1 aliphatic carbocycles. The maximum Gasteiger partial charge on any atom is 0.0285 e. The van der Waals surface area contributed by atoms with Crippen molar-refractivity contribution in [1.29, 1.82) is 0 Å². The van der Waals surface area contributed by atoms with Crippen LogP contribution in [-0.4, -0.2) is 5.33 Å². The van der Waals surface area contributed by atoms with Gasteiger partial charge in [-0.2, -0.15) is 0 Å². The molecule has 0 radical (unpaired) electrons. The second-order valence-corrected chi connectivity index (χ2v) is 7.07. The van der Waals surface area contributed by atoms with Gasteiger partial charge in [0.15, 0.2) is 0 Å². The van der Waals surface area contributed by atoms with E-state index in [9.17, 15) is 0 Å². The monoisotopic (exact) mass is 350 g/mol. The van der Waals surface area contributed by atoms with Crippen LogP contribution in [0.5, 0.6) is 0 Å². The van der Waals surface area contributed by atoms with Crippen LogP contribution in [0.2, 0.25) is 0 Å². The first kappa shape index (κ1) is 12.1.